The second kappa shape index (κ2) is 4.75. The number of nitrogens with zero attached hydrogens (tertiary/aromatic N) is 2. The van der Waals surface area contributed by atoms with Gasteiger partial charge >= 0.3 is 0 Å². The number of anilines is 1. The molecular formula is C10H7ClN4O2. The molecular weight excluding hydrogens is 244 g/mol. The Bertz CT molecular complexity index is 594. The molecule has 2 N–H and O–H groups in total. The highest BCUT2D eigenvalue weighted by Crippen LogP contribution is 2.06. The third kappa shape index (κ3) is 2.67. The van der Waals surface area contributed by atoms with Crippen molar-refractivity contribution < 1.29 is 4.79 Å². The van der Waals surface area contributed by atoms with Crippen LogP contribution in [0.2, 0.25) is 5.15 Å². The molecule has 0 aliphatic rings. The molecule has 6 nitrogen and oxygen atoms in total. The molecule has 2 heterocycles. The lowest BCUT2D eigenvalue weighted by molar-refractivity contribution is 0.102. The number of amides is 1. The van der Waals surface area contributed by atoms with E-state index in [9.17, 15) is 9.59 Å². The summed E-state index contributed by atoms with van der Waals surface area (Å²) in [6.45, 7) is 0. The second-order valence-corrected chi connectivity index (χ2v) is 3.50. The molecule has 2 aromatic heterocycles. The number of halogens is 1. The van der Waals surface area contributed by atoms with E-state index in [4.69, 9.17) is 11.6 Å². The first-order valence-electron chi connectivity index (χ1n) is 4.65. The lowest BCUT2D eigenvalue weighted by atomic mass is 10.2. The quantitative estimate of drug-likeness (QED) is 0.835. The van der Waals surface area contributed by atoms with Gasteiger partial charge < -0.3 is 10.3 Å². The van der Waals surface area contributed by atoms with E-state index < -0.39 is 11.5 Å². The Hall–Kier alpha value is -2.21. The third-order valence-electron chi connectivity index (χ3n) is 1.94. The summed E-state index contributed by atoms with van der Waals surface area (Å²) in [5, 5.41) is 9.87. The standard InChI is InChI=1S/C10H7ClN4O2/c11-7-3-4-8(15-14-7)13-10(17)6-2-1-5-12-9(6)16/h1-5H,(H,12,16)(H,13,15,17). The van der Waals surface area contributed by atoms with Crippen LogP contribution >= 0.6 is 11.6 Å². The van der Waals surface area contributed by atoms with Gasteiger partial charge in [-0.3, -0.25) is 9.59 Å². The van der Waals surface area contributed by atoms with E-state index in [0.29, 0.717) is 0 Å². The van der Waals surface area contributed by atoms with Gasteiger partial charge in [0.25, 0.3) is 11.5 Å². The number of carbonyl (C=O) groups is 1. The maximum Gasteiger partial charge on any atom is 0.262 e. The van der Waals surface area contributed by atoms with Gasteiger partial charge in [-0.1, -0.05) is 11.6 Å². The molecule has 7 heteroatoms. The predicted molar refractivity (Wildman–Crippen MR) is 62.1 cm³/mol. The fourth-order valence-corrected chi connectivity index (χ4v) is 1.27. The first kappa shape index (κ1) is 11.3. The number of rotatable bonds is 2. The molecule has 0 aliphatic heterocycles. The lowest BCUT2D eigenvalue weighted by Gasteiger charge is -2.02. The van der Waals surface area contributed by atoms with Crippen LogP contribution in [-0.4, -0.2) is 21.1 Å². The van der Waals surface area contributed by atoms with Gasteiger partial charge in [0.1, 0.15) is 5.56 Å². The molecule has 0 fully saturated rings. The summed E-state index contributed by atoms with van der Waals surface area (Å²) in [6, 6.07) is 5.95. The largest absolute Gasteiger partial charge is 0.328 e. The van der Waals surface area contributed by atoms with Crippen molar-refractivity contribution in [2.45, 2.75) is 0 Å². The Morgan fingerprint density at radius 2 is 2.12 bits per heavy atom. The molecule has 0 saturated carbocycles. The van der Waals surface area contributed by atoms with Gasteiger partial charge in [0.05, 0.1) is 0 Å². The van der Waals surface area contributed by atoms with Crippen LogP contribution in [0.25, 0.3) is 0 Å². The average molecular weight is 251 g/mol. The highest BCUT2D eigenvalue weighted by molar-refractivity contribution is 6.29. The Balaban J connectivity index is 2.20. The van der Waals surface area contributed by atoms with Gasteiger partial charge in [-0.05, 0) is 24.3 Å². The molecule has 0 radical (unpaired) electrons. The van der Waals surface area contributed by atoms with Crippen LogP contribution in [0.15, 0.2) is 35.3 Å². The van der Waals surface area contributed by atoms with Crippen LogP contribution < -0.4 is 10.9 Å². The maximum atomic E-state index is 11.7. The molecule has 0 spiro atoms. The summed E-state index contributed by atoms with van der Waals surface area (Å²) in [7, 11) is 0. The topological polar surface area (TPSA) is 87.7 Å². The number of carbonyl (C=O) groups excluding carboxylic acids is 1. The third-order valence-corrected chi connectivity index (χ3v) is 2.14. The van der Waals surface area contributed by atoms with Gasteiger partial charge in [-0.25, -0.2) is 0 Å². The predicted octanol–water partition coefficient (Wildman–Crippen LogP) is 1.07. The molecule has 0 bridgehead atoms. The zero-order chi connectivity index (χ0) is 12.3. The van der Waals surface area contributed by atoms with Crippen LogP contribution in [-0.2, 0) is 0 Å². The molecule has 0 aliphatic carbocycles. The number of hydrogen-bond acceptors (Lipinski definition) is 4. The SMILES string of the molecule is O=C(Nc1ccc(Cl)nn1)c1ccc[nH]c1=O. The lowest BCUT2D eigenvalue weighted by Crippen LogP contribution is -2.22. The summed E-state index contributed by atoms with van der Waals surface area (Å²) in [5.41, 5.74) is -0.462. The molecule has 0 aromatic carbocycles. The Morgan fingerprint density at radius 3 is 2.76 bits per heavy atom. The number of pyridine rings is 1. The smallest absolute Gasteiger partial charge is 0.262 e. The number of aromatic amines is 1. The molecule has 0 unspecified atom stereocenters. The van der Waals surface area contributed by atoms with Gasteiger partial charge in [-0.15, -0.1) is 10.2 Å². The molecule has 86 valence electrons. The molecule has 1 amide bonds. The molecule has 0 saturated heterocycles. The van der Waals surface area contributed by atoms with E-state index >= 15 is 0 Å². The van der Waals surface area contributed by atoms with Crippen molar-refractivity contribution in [3.63, 3.8) is 0 Å². The number of nitrogens with one attached hydrogen (secondary N) is 2. The Labute approximate surface area is 101 Å². The van der Waals surface area contributed by atoms with Crippen LogP contribution in [0.5, 0.6) is 0 Å². The molecule has 2 rings (SSSR count). The summed E-state index contributed by atoms with van der Waals surface area (Å²) >= 11 is 5.55. The minimum Gasteiger partial charge on any atom is -0.328 e. The Morgan fingerprint density at radius 1 is 1.29 bits per heavy atom. The summed E-state index contributed by atoms with van der Waals surface area (Å²) in [4.78, 5) is 25.4. The van der Waals surface area contributed by atoms with E-state index in [1.807, 2.05) is 0 Å². The van der Waals surface area contributed by atoms with E-state index in [1.165, 1.54) is 24.4 Å². The van der Waals surface area contributed by atoms with Gasteiger partial charge in [0.15, 0.2) is 11.0 Å². The average Bonchev–Trinajstić information content (AvgIpc) is 2.32. The van der Waals surface area contributed by atoms with Gasteiger partial charge in [-0.2, -0.15) is 0 Å². The Kier molecular flexibility index (Phi) is 3.15. The molecule has 0 atom stereocenters. The summed E-state index contributed by atoms with van der Waals surface area (Å²) in [6.07, 6.45) is 1.45. The van der Waals surface area contributed by atoms with Crippen molar-refractivity contribution in [1.29, 1.82) is 0 Å². The van der Waals surface area contributed by atoms with Crippen LogP contribution in [0, 0.1) is 0 Å². The van der Waals surface area contributed by atoms with Gasteiger partial charge in [0, 0.05) is 6.20 Å². The van der Waals surface area contributed by atoms with Crippen molar-refractivity contribution in [2.24, 2.45) is 0 Å². The fourth-order valence-electron chi connectivity index (χ4n) is 1.17. The summed E-state index contributed by atoms with van der Waals surface area (Å²) in [5.74, 6) is -0.328. The van der Waals surface area contributed by atoms with E-state index in [-0.39, 0.29) is 16.5 Å². The van der Waals surface area contributed by atoms with Crippen molar-refractivity contribution in [3.8, 4) is 0 Å². The van der Waals surface area contributed by atoms with Crippen LogP contribution in [0.4, 0.5) is 5.82 Å². The van der Waals surface area contributed by atoms with Crippen LogP contribution in [0.1, 0.15) is 10.4 Å². The first-order valence-corrected chi connectivity index (χ1v) is 5.03. The normalized spacial score (nSPS) is 9.94. The van der Waals surface area contributed by atoms with Crippen molar-refractivity contribution >= 4 is 23.3 Å². The zero-order valence-corrected chi connectivity index (χ0v) is 9.23. The zero-order valence-electron chi connectivity index (χ0n) is 8.48. The number of hydrogen-bond donors (Lipinski definition) is 2. The number of aromatic nitrogens is 3. The molecule has 17 heavy (non-hydrogen) atoms. The fraction of sp³-hybridized carbons (Fsp3) is 0. The van der Waals surface area contributed by atoms with E-state index in [0.717, 1.165) is 0 Å². The van der Waals surface area contributed by atoms with Crippen molar-refractivity contribution in [2.75, 3.05) is 5.32 Å². The summed E-state index contributed by atoms with van der Waals surface area (Å²) < 4.78 is 0. The van der Waals surface area contributed by atoms with E-state index in [1.54, 1.807) is 6.07 Å². The van der Waals surface area contributed by atoms with E-state index in [2.05, 4.69) is 20.5 Å². The van der Waals surface area contributed by atoms with Gasteiger partial charge in [0.2, 0.25) is 0 Å². The monoisotopic (exact) mass is 250 g/mol. The van der Waals surface area contributed by atoms with Crippen LogP contribution in [0.3, 0.4) is 0 Å². The highest BCUT2D eigenvalue weighted by atomic mass is 35.5. The minimum absolute atomic E-state index is 0.00394. The maximum absolute atomic E-state index is 11.7. The second-order valence-electron chi connectivity index (χ2n) is 3.11. The molecule has 2 aromatic rings. The van der Waals surface area contributed by atoms with Crippen molar-refractivity contribution in [3.05, 3.63) is 51.5 Å². The number of H-pyrrole nitrogens is 1. The van der Waals surface area contributed by atoms with Crippen molar-refractivity contribution in [1.82, 2.24) is 15.2 Å². The first-order chi connectivity index (χ1) is 8.16. The highest BCUT2D eigenvalue weighted by Gasteiger charge is 2.10. The minimum atomic E-state index is -0.552.